The molecule has 5 heteroatoms. The van der Waals surface area contributed by atoms with Crippen LogP contribution in [0.4, 0.5) is 0 Å². The average molecular weight is 336 g/mol. The molecule has 0 saturated carbocycles. The highest BCUT2D eigenvalue weighted by Crippen LogP contribution is 2.25. The zero-order valence-corrected chi connectivity index (χ0v) is 15.4. The summed E-state index contributed by atoms with van der Waals surface area (Å²) < 4.78 is 0. The zero-order chi connectivity index (χ0) is 16.2. The molecule has 138 valence electrons. The molecule has 4 heterocycles. The van der Waals surface area contributed by atoms with E-state index in [2.05, 4.69) is 25.3 Å². The number of rotatable bonds is 4. The predicted octanol–water partition coefficient (Wildman–Crippen LogP) is 0.430. The summed E-state index contributed by atoms with van der Waals surface area (Å²) in [7, 11) is 0. The molecule has 4 rings (SSSR count). The molecule has 0 amide bonds. The Labute approximate surface area is 148 Å². The van der Waals surface area contributed by atoms with E-state index in [9.17, 15) is 0 Å². The number of hydrogen-bond acceptors (Lipinski definition) is 5. The first-order valence-electron chi connectivity index (χ1n) is 10.5. The molecule has 4 aliphatic rings. The molecular formula is C19H37N5. The van der Waals surface area contributed by atoms with Gasteiger partial charge in [0.25, 0.3) is 0 Å². The normalized spacial score (nSPS) is 37.8. The smallest absolute Gasteiger partial charge is 0.0262 e. The Balaban J connectivity index is 1.31. The Morgan fingerprint density at radius 2 is 1.62 bits per heavy atom. The number of nitrogens with one attached hydrogen (secondary N) is 2. The minimum Gasteiger partial charge on any atom is -0.315 e. The summed E-state index contributed by atoms with van der Waals surface area (Å²) in [5.74, 6) is 0.863. The monoisotopic (exact) mass is 335 g/mol. The van der Waals surface area contributed by atoms with Crippen molar-refractivity contribution in [2.24, 2.45) is 5.92 Å². The lowest BCUT2D eigenvalue weighted by molar-refractivity contribution is 0.0944. The van der Waals surface area contributed by atoms with Gasteiger partial charge in [0.1, 0.15) is 0 Å². The van der Waals surface area contributed by atoms with Gasteiger partial charge in [-0.25, -0.2) is 0 Å². The molecule has 4 fully saturated rings. The molecule has 0 radical (unpaired) electrons. The van der Waals surface area contributed by atoms with Crippen molar-refractivity contribution in [2.45, 2.75) is 44.2 Å². The Hall–Kier alpha value is -0.200. The maximum atomic E-state index is 3.67. The van der Waals surface area contributed by atoms with Gasteiger partial charge >= 0.3 is 0 Å². The third-order valence-electron chi connectivity index (χ3n) is 6.83. The Morgan fingerprint density at radius 1 is 0.750 bits per heavy atom. The number of piperidine rings is 1. The standard InChI is InChI=1S/C19H37N5/c1-2-10-23(9-1)18-5-12-22(16-18)15-17-4-7-21-14-19(17)24-11-3-6-20-8-13-24/h17-21H,1-16H2. The summed E-state index contributed by atoms with van der Waals surface area (Å²) in [5, 5.41) is 7.24. The van der Waals surface area contributed by atoms with Crippen LogP contribution in [0.15, 0.2) is 0 Å². The van der Waals surface area contributed by atoms with E-state index in [-0.39, 0.29) is 0 Å². The van der Waals surface area contributed by atoms with Gasteiger partial charge in [0.05, 0.1) is 0 Å². The maximum absolute atomic E-state index is 3.67. The van der Waals surface area contributed by atoms with Gasteiger partial charge in [0.15, 0.2) is 0 Å². The average Bonchev–Trinajstić information content (AvgIpc) is 3.22. The molecule has 0 aromatic rings. The van der Waals surface area contributed by atoms with Crippen molar-refractivity contribution in [3.8, 4) is 0 Å². The van der Waals surface area contributed by atoms with Crippen molar-refractivity contribution in [2.75, 3.05) is 72.0 Å². The number of nitrogens with zero attached hydrogens (tertiary/aromatic N) is 3. The second-order valence-corrected chi connectivity index (χ2v) is 8.40. The highest BCUT2D eigenvalue weighted by Gasteiger charge is 2.35. The molecule has 2 N–H and O–H groups in total. The van der Waals surface area contributed by atoms with E-state index in [0.717, 1.165) is 18.0 Å². The summed E-state index contributed by atoms with van der Waals surface area (Å²) in [6, 6.07) is 1.61. The highest BCUT2D eigenvalue weighted by molar-refractivity contribution is 4.92. The SMILES string of the molecule is C1CCN(C2CCN(CC3CCNCC3N3CCCNCC3)C2)C1. The van der Waals surface area contributed by atoms with Crippen LogP contribution in [-0.4, -0.2) is 98.8 Å². The Bertz CT molecular complexity index is 376. The van der Waals surface area contributed by atoms with Gasteiger partial charge in [-0.15, -0.1) is 0 Å². The largest absolute Gasteiger partial charge is 0.315 e. The first-order valence-corrected chi connectivity index (χ1v) is 10.5. The van der Waals surface area contributed by atoms with Gasteiger partial charge in [0, 0.05) is 44.8 Å². The lowest BCUT2D eigenvalue weighted by Crippen LogP contribution is -2.54. The Morgan fingerprint density at radius 3 is 2.54 bits per heavy atom. The van der Waals surface area contributed by atoms with E-state index in [1.54, 1.807) is 0 Å². The quantitative estimate of drug-likeness (QED) is 0.779. The Kier molecular flexibility index (Phi) is 6.07. The van der Waals surface area contributed by atoms with Crippen molar-refractivity contribution >= 4 is 0 Å². The van der Waals surface area contributed by atoms with Crippen molar-refractivity contribution < 1.29 is 0 Å². The summed E-state index contributed by atoms with van der Waals surface area (Å²) in [6.45, 7) is 14.0. The van der Waals surface area contributed by atoms with E-state index in [1.165, 1.54) is 104 Å². The van der Waals surface area contributed by atoms with Crippen molar-refractivity contribution in [1.29, 1.82) is 0 Å². The molecular weight excluding hydrogens is 298 g/mol. The number of hydrogen-bond donors (Lipinski definition) is 2. The van der Waals surface area contributed by atoms with Crippen LogP contribution in [0.2, 0.25) is 0 Å². The second kappa shape index (κ2) is 8.45. The van der Waals surface area contributed by atoms with Crippen LogP contribution in [0.5, 0.6) is 0 Å². The van der Waals surface area contributed by atoms with Crippen molar-refractivity contribution in [3.63, 3.8) is 0 Å². The fraction of sp³-hybridized carbons (Fsp3) is 1.00. The van der Waals surface area contributed by atoms with Gasteiger partial charge in [-0.2, -0.15) is 0 Å². The molecule has 4 saturated heterocycles. The van der Waals surface area contributed by atoms with E-state index in [0.29, 0.717) is 0 Å². The fourth-order valence-electron chi connectivity index (χ4n) is 5.45. The van der Waals surface area contributed by atoms with Crippen molar-refractivity contribution in [3.05, 3.63) is 0 Å². The van der Waals surface area contributed by atoms with Crippen LogP contribution in [0, 0.1) is 5.92 Å². The minimum atomic E-state index is 0.754. The predicted molar refractivity (Wildman–Crippen MR) is 99.5 cm³/mol. The summed E-state index contributed by atoms with van der Waals surface area (Å²) in [4.78, 5) is 8.34. The summed E-state index contributed by atoms with van der Waals surface area (Å²) in [6.07, 6.45) is 6.93. The lowest BCUT2D eigenvalue weighted by atomic mass is 9.90. The molecule has 0 aliphatic carbocycles. The van der Waals surface area contributed by atoms with Crippen LogP contribution in [0.25, 0.3) is 0 Å². The van der Waals surface area contributed by atoms with Gasteiger partial charge in [0.2, 0.25) is 0 Å². The molecule has 0 bridgehead atoms. The van der Waals surface area contributed by atoms with Gasteiger partial charge in [-0.1, -0.05) is 0 Å². The van der Waals surface area contributed by atoms with E-state index >= 15 is 0 Å². The molecule has 0 spiro atoms. The third-order valence-corrected chi connectivity index (χ3v) is 6.83. The molecule has 0 aromatic heterocycles. The minimum absolute atomic E-state index is 0.754. The van der Waals surface area contributed by atoms with Crippen LogP contribution in [-0.2, 0) is 0 Å². The van der Waals surface area contributed by atoms with Crippen LogP contribution >= 0.6 is 0 Å². The lowest BCUT2D eigenvalue weighted by Gasteiger charge is -2.41. The topological polar surface area (TPSA) is 33.8 Å². The molecule has 3 atom stereocenters. The van der Waals surface area contributed by atoms with Crippen LogP contribution in [0.1, 0.15) is 32.1 Å². The van der Waals surface area contributed by atoms with E-state index < -0.39 is 0 Å². The molecule has 24 heavy (non-hydrogen) atoms. The fourth-order valence-corrected chi connectivity index (χ4v) is 5.45. The van der Waals surface area contributed by atoms with Crippen LogP contribution < -0.4 is 10.6 Å². The van der Waals surface area contributed by atoms with Gasteiger partial charge in [-0.3, -0.25) is 9.80 Å². The summed E-state index contributed by atoms with van der Waals surface area (Å²) >= 11 is 0. The van der Waals surface area contributed by atoms with Crippen molar-refractivity contribution in [1.82, 2.24) is 25.3 Å². The van der Waals surface area contributed by atoms with Crippen LogP contribution in [0.3, 0.4) is 0 Å². The summed E-state index contributed by atoms with van der Waals surface area (Å²) in [5.41, 5.74) is 0. The van der Waals surface area contributed by atoms with E-state index in [4.69, 9.17) is 0 Å². The first kappa shape index (κ1) is 17.2. The third kappa shape index (κ3) is 4.13. The molecule has 0 aromatic carbocycles. The van der Waals surface area contributed by atoms with E-state index in [1.807, 2.05) is 0 Å². The number of likely N-dealkylation sites (tertiary alicyclic amines) is 2. The molecule has 5 nitrogen and oxygen atoms in total. The molecule has 3 unspecified atom stereocenters. The van der Waals surface area contributed by atoms with Gasteiger partial charge in [-0.05, 0) is 77.3 Å². The second-order valence-electron chi connectivity index (χ2n) is 8.40. The zero-order valence-electron chi connectivity index (χ0n) is 15.4. The highest BCUT2D eigenvalue weighted by atomic mass is 15.3. The first-order chi connectivity index (χ1) is 11.9. The maximum Gasteiger partial charge on any atom is 0.0262 e. The molecule has 4 aliphatic heterocycles. The van der Waals surface area contributed by atoms with Gasteiger partial charge < -0.3 is 15.5 Å².